The highest BCUT2D eigenvalue weighted by Crippen LogP contribution is 2.14. The molecule has 1 aliphatic rings. The summed E-state index contributed by atoms with van der Waals surface area (Å²) in [6.45, 7) is 0.587. The molecule has 0 fully saturated rings. The summed E-state index contributed by atoms with van der Waals surface area (Å²) in [4.78, 5) is 11.4. The fourth-order valence-corrected chi connectivity index (χ4v) is 1.87. The van der Waals surface area contributed by atoms with Crippen molar-refractivity contribution in [3.63, 3.8) is 0 Å². The molecule has 1 aromatic rings. The van der Waals surface area contributed by atoms with Gasteiger partial charge in [-0.1, -0.05) is 6.07 Å². The van der Waals surface area contributed by atoms with Crippen molar-refractivity contribution in [1.82, 2.24) is 10.6 Å². The SMILES string of the molecule is CNC1=C(NCc2cc(CN)ccc2F)OCC1=O. The van der Waals surface area contributed by atoms with Gasteiger partial charge in [-0.25, -0.2) is 4.39 Å². The molecule has 0 aromatic heterocycles. The van der Waals surface area contributed by atoms with E-state index in [0.717, 1.165) is 5.56 Å². The van der Waals surface area contributed by atoms with Crippen molar-refractivity contribution < 1.29 is 13.9 Å². The lowest BCUT2D eigenvalue weighted by Crippen LogP contribution is -2.20. The van der Waals surface area contributed by atoms with Gasteiger partial charge in [0.2, 0.25) is 11.7 Å². The predicted octanol–water partition coefficient (Wildman–Crippen LogP) is 0.362. The van der Waals surface area contributed by atoms with Gasteiger partial charge >= 0.3 is 0 Å². The number of hydrogen-bond acceptors (Lipinski definition) is 5. The predicted molar refractivity (Wildman–Crippen MR) is 68.2 cm³/mol. The average molecular weight is 265 g/mol. The molecule has 1 heterocycles. The van der Waals surface area contributed by atoms with E-state index in [1.54, 1.807) is 19.2 Å². The molecule has 0 saturated heterocycles. The number of ketones is 1. The van der Waals surface area contributed by atoms with Crippen LogP contribution in [-0.2, 0) is 22.6 Å². The minimum Gasteiger partial charge on any atom is -0.469 e. The summed E-state index contributed by atoms with van der Waals surface area (Å²) in [6.07, 6.45) is 0. The lowest BCUT2D eigenvalue weighted by molar-refractivity contribution is -0.116. The lowest BCUT2D eigenvalue weighted by Gasteiger charge is -2.10. The number of halogens is 1. The van der Waals surface area contributed by atoms with Gasteiger partial charge in [-0.05, 0) is 17.7 Å². The Morgan fingerprint density at radius 1 is 1.47 bits per heavy atom. The summed E-state index contributed by atoms with van der Waals surface area (Å²) in [6, 6.07) is 4.72. The summed E-state index contributed by atoms with van der Waals surface area (Å²) < 4.78 is 18.8. The zero-order valence-corrected chi connectivity index (χ0v) is 10.6. The normalized spacial score (nSPS) is 14.6. The number of nitrogens with one attached hydrogen (secondary N) is 2. The van der Waals surface area contributed by atoms with E-state index in [-0.39, 0.29) is 24.8 Å². The number of carbonyl (C=O) groups is 1. The van der Waals surface area contributed by atoms with E-state index in [2.05, 4.69) is 10.6 Å². The van der Waals surface area contributed by atoms with Gasteiger partial charge in [0.1, 0.15) is 11.5 Å². The maximum absolute atomic E-state index is 13.6. The van der Waals surface area contributed by atoms with Gasteiger partial charge in [-0.15, -0.1) is 0 Å². The van der Waals surface area contributed by atoms with Gasteiger partial charge in [0.15, 0.2) is 6.61 Å². The standard InChI is InChI=1S/C13H16FN3O2/c1-16-12-11(18)7-19-13(12)17-6-9-4-8(5-15)2-3-10(9)14/h2-4,16-17H,5-7,15H2,1H3. The highest BCUT2D eigenvalue weighted by Gasteiger charge is 2.23. The Morgan fingerprint density at radius 2 is 2.26 bits per heavy atom. The fourth-order valence-electron chi connectivity index (χ4n) is 1.87. The molecule has 5 nitrogen and oxygen atoms in total. The fraction of sp³-hybridized carbons (Fsp3) is 0.308. The molecule has 0 bridgehead atoms. The largest absolute Gasteiger partial charge is 0.469 e. The van der Waals surface area contributed by atoms with Crippen LogP contribution in [-0.4, -0.2) is 19.4 Å². The number of hydrogen-bond donors (Lipinski definition) is 3. The second-order valence-corrected chi connectivity index (χ2v) is 4.15. The lowest BCUT2D eigenvalue weighted by atomic mass is 10.1. The van der Waals surface area contributed by atoms with E-state index in [1.807, 2.05) is 0 Å². The Hall–Kier alpha value is -2.08. The number of Topliss-reactive ketones (excluding diaryl/α,β-unsaturated/α-hetero) is 1. The summed E-state index contributed by atoms with van der Waals surface area (Å²) >= 11 is 0. The quantitative estimate of drug-likeness (QED) is 0.716. The van der Waals surface area contributed by atoms with E-state index >= 15 is 0 Å². The van der Waals surface area contributed by atoms with Crippen molar-refractivity contribution in [3.05, 3.63) is 46.7 Å². The Morgan fingerprint density at radius 3 is 2.95 bits per heavy atom. The van der Waals surface area contributed by atoms with Crippen molar-refractivity contribution in [2.45, 2.75) is 13.1 Å². The second kappa shape index (κ2) is 5.71. The molecule has 0 unspecified atom stereocenters. The van der Waals surface area contributed by atoms with Crippen LogP contribution in [0, 0.1) is 5.82 Å². The molecule has 0 aliphatic carbocycles. The van der Waals surface area contributed by atoms with Crippen LogP contribution < -0.4 is 16.4 Å². The monoisotopic (exact) mass is 265 g/mol. The molecular formula is C13H16FN3O2. The summed E-state index contributed by atoms with van der Waals surface area (Å²) in [5.74, 6) is -0.0909. The highest BCUT2D eigenvalue weighted by atomic mass is 19.1. The maximum Gasteiger partial charge on any atom is 0.221 e. The first-order valence-corrected chi connectivity index (χ1v) is 5.95. The Kier molecular flexibility index (Phi) is 4.01. The number of benzene rings is 1. The minimum atomic E-state index is -0.319. The van der Waals surface area contributed by atoms with Crippen molar-refractivity contribution in [2.24, 2.45) is 5.73 Å². The number of likely N-dealkylation sites (N-methyl/N-ethyl adjacent to an activating group) is 1. The molecule has 6 heteroatoms. The van der Waals surface area contributed by atoms with Crippen LogP contribution in [0.5, 0.6) is 0 Å². The third-order valence-electron chi connectivity index (χ3n) is 2.89. The Labute approximate surface area is 110 Å². The topological polar surface area (TPSA) is 76.4 Å². The van der Waals surface area contributed by atoms with Crippen LogP contribution in [0.1, 0.15) is 11.1 Å². The number of rotatable bonds is 5. The van der Waals surface area contributed by atoms with Gasteiger partial charge < -0.3 is 21.1 Å². The Balaban J connectivity index is 2.11. The van der Waals surface area contributed by atoms with Crippen molar-refractivity contribution in [1.29, 1.82) is 0 Å². The smallest absolute Gasteiger partial charge is 0.221 e. The van der Waals surface area contributed by atoms with Crippen LogP contribution in [0.25, 0.3) is 0 Å². The molecule has 0 radical (unpaired) electrons. The summed E-state index contributed by atoms with van der Waals surface area (Å²) in [7, 11) is 1.64. The third kappa shape index (κ3) is 2.85. The van der Waals surface area contributed by atoms with Gasteiger partial charge in [0.05, 0.1) is 0 Å². The first-order chi connectivity index (χ1) is 9.15. The highest BCUT2D eigenvalue weighted by molar-refractivity contribution is 5.97. The van der Waals surface area contributed by atoms with Gasteiger partial charge in [-0.3, -0.25) is 4.79 Å². The van der Waals surface area contributed by atoms with E-state index in [0.29, 0.717) is 23.7 Å². The van der Waals surface area contributed by atoms with Crippen LogP contribution in [0.3, 0.4) is 0 Å². The molecule has 19 heavy (non-hydrogen) atoms. The molecule has 2 rings (SSSR count). The van der Waals surface area contributed by atoms with Crippen LogP contribution in [0.4, 0.5) is 4.39 Å². The molecule has 0 atom stereocenters. The van der Waals surface area contributed by atoms with E-state index < -0.39 is 0 Å². The maximum atomic E-state index is 13.6. The second-order valence-electron chi connectivity index (χ2n) is 4.15. The first kappa shape index (κ1) is 13.4. The molecule has 0 amide bonds. The zero-order valence-electron chi connectivity index (χ0n) is 10.6. The average Bonchev–Trinajstić information content (AvgIpc) is 2.78. The Bertz CT molecular complexity index is 529. The van der Waals surface area contributed by atoms with Crippen molar-refractivity contribution in [3.8, 4) is 0 Å². The van der Waals surface area contributed by atoms with E-state index in [4.69, 9.17) is 10.5 Å². The van der Waals surface area contributed by atoms with Crippen LogP contribution >= 0.6 is 0 Å². The number of nitrogens with two attached hydrogens (primary N) is 1. The molecule has 4 N–H and O–H groups in total. The van der Waals surface area contributed by atoms with Crippen molar-refractivity contribution >= 4 is 5.78 Å². The molecule has 0 saturated carbocycles. The first-order valence-electron chi connectivity index (χ1n) is 5.95. The van der Waals surface area contributed by atoms with Gasteiger partial charge in [0, 0.05) is 25.7 Å². The molecule has 102 valence electrons. The molecule has 0 spiro atoms. The molecular weight excluding hydrogens is 249 g/mol. The van der Waals surface area contributed by atoms with E-state index in [1.165, 1.54) is 6.07 Å². The zero-order chi connectivity index (χ0) is 13.8. The van der Waals surface area contributed by atoms with Crippen molar-refractivity contribution in [2.75, 3.05) is 13.7 Å². The van der Waals surface area contributed by atoms with Crippen LogP contribution in [0.2, 0.25) is 0 Å². The van der Waals surface area contributed by atoms with Gasteiger partial charge in [-0.2, -0.15) is 0 Å². The number of carbonyl (C=O) groups excluding carboxylic acids is 1. The molecule has 1 aromatic carbocycles. The van der Waals surface area contributed by atoms with Crippen LogP contribution in [0.15, 0.2) is 29.8 Å². The molecule has 1 aliphatic heterocycles. The third-order valence-corrected chi connectivity index (χ3v) is 2.89. The minimum absolute atomic E-state index is 0.00380. The number of ether oxygens (including phenoxy) is 1. The van der Waals surface area contributed by atoms with E-state index in [9.17, 15) is 9.18 Å². The van der Waals surface area contributed by atoms with Gasteiger partial charge in [0.25, 0.3) is 0 Å². The summed E-state index contributed by atoms with van der Waals surface area (Å²) in [5, 5.41) is 5.68. The summed E-state index contributed by atoms with van der Waals surface area (Å²) in [5.41, 5.74) is 7.23.